The van der Waals surface area contributed by atoms with Crippen molar-refractivity contribution in [3.8, 4) is 0 Å². The maximum atomic E-state index is 12.0. The third-order valence-corrected chi connectivity index (χ3v) is 3.94. The molecule has 2 aromatic heterocycles. The monoisotopic (exact) mass is 312 g/mol. The van der Waals surface area contributed by atoms with Crippen molar-refractivity contribution in [2.24, 2.45) is 7.05 Å². The van der Waals surface area contributed by atoms with Crippen LogP contribution in [0.4, 0.5) is 0 Å². The van der Waals surface area contributed by atoms with Gasteiger partial charge < -0.3 is 9.67 Å². The molecule has 2 heterocycles. The molecule has 2 rings (SSSR count). The number of aromatic amines is 1. The zero-order valence-corrected chi connectivity index (χ0v) is 12.7. The summed E-state index contributed by atoms with van der Waals surface area (Å²) in [6.45, 7) is 3.79. The first-order valence-corrected chi connectivity index (χ1v) is 7.37. The number of carboxylic acid groups (broad SMARTS) is 1. The van der Waals surface area contributed by atoms with Crippen molar-refractivity contribution in [3.63, 3.8) is 0 Å². The van der Waals surface area contributed by atoms with Crippen molar-refractivity contribution >= 4 is 28.9 Å². The second-order valence-electron chi connectivity index (χ2n) is 4.84. The summed E-state index contributed by atoms with van der Waals surface area (Å²) in [6, 6.07) is -0.0408. The van der Waals surface area contributed by atoms with Gasteiger partial charge in [0, 0.05) is 18.8 Å². The molecular weight excluding hydrogens is 296 g/mol. The molecule has 9 heteroatoms. The molecule has 0 radical (unpaired) electrons. The number of nitrogens with one attached hydrogen (secondary N) is 1. The largest absolute Gasteiger partial charge is 0.481 e. The van der Waals surface area contributed by atoms with Gasteiger partial charge in [0.25, 0.3) is 5.56 Å². The molecular formula is C12H16N4O4S. The van der Waals surface area contributed by atoms with Crippen molar-refractivity contribution in [1.82, 2.24) is 19.1 Å². The zero-order valence-electron chi connectivity index (χ0n) is 11.9. The number of rotatable bonds is 5. The first-order valence-electron chi connectivity index (χ1n) is 6.38. The Bertz CT molecular complexity index is 802. The molecule has 0 fully saturated rings. The smallest absolute Gasteiger partial charge is 0.329 e. The fourth-order valence-electron chi connectivity index (χ4n) is 1.99. The molecule has 8 nitrogen and oxygen atoms in total. The molecule has 0 amide bonds. The van der Waals surface area contributed by atoms with Crippen LogP contribution in [0, 0.1) is 0 Å². The van der Waals surface area contributed by atoms with E-state index in [1.165, 1.54) is 23.4 Å². The van der Waals surface area contributed by atoms with Crippen LogP contribution in [0.3, 0.4) is 0 Å². The Kier molecular flexibility index (Phi) is 4.21. The van der Waals surface area contributed by atoms with E-state index >= 15 is 0 Å². The molecule has 0 unspecified atom stereocenters. The molecule has 0 saturated carbocycles. The van der Waals surface area contributed by atoms with E-state index in [4.69, 9.17) is 5.11 Å². The van der Waals surface area contributed by atoms with Gasteiger partial charge in [0.1, 0.15) is 0 Å². The molecule has 0 saturated heterocycles. The molecule has 0 aliphatic carbocycles. The Hall–Kier alpha value is -2.03. The first-order chi connectivity index (χ1) is 9.82. The average Bonchev–Trinajstić information content (AvgIpc) is 2.76. The van der Waals surface area contributed by atoms with E-state index < -0.39 is 17.2 Å². The standard InChI is InChI=1S/C12H16N4O4S/c1-6(2)16-8-9(15(3)11(20)14-10(8)19)13-12(16)21-5-4-7(17)18/h6H,4-5H2,1-3H3,(H,17,18)(H,14,19,20). The summed E-state index contributed by atoms with van der Waals surface area (Å²) < 4.78 is 3.00. The van der Waals surface area contributed by atoms with E-state index in [2.05, 4.69) is 9.97 Å². The second kappa shape index (κ2) is 5.76. The third kappa shape index (κ3) is 2.87. The molecule has 21 heavy (non-hydrogen) atoms. The topological polar surface area (TPSA) is 110 Å². The molecule has 0 aliphatic rings. The Morgan fingerprint density at radius 2 is 2.10 bits per heavy atom. The van der Waals surface area contributed by atoms with Crippen LogP contribution in [0.1, 0.15) is 26.3 Å². The molecule has 2 aromatic rings. The first kappa shape index (κ1) is 15.4. The van der Waals surface area contributed by atoms with Crippen LogP contribution in [0.15, 0.2) is 14.7 Å². The van der Waals surface area contributed by atoms with Crippen LogP contribution in [0.2, 0.25) is 0 Å². The molecule has 114 valence electrons. The summed E-state index contributed by atoms with van der Waals surface area (Å²) in [6.07, 6.45) is 0.00124. The van der Waals surface area contributed by atoms with Crippen molar-refractivity contribution < 1.29 is 9.90 Å². The van der Waals surface area contributed by atoms with Gasteiger partial charge in [-0.15, -0.1) is 0 Å². The van der Waals surface area contributed by atoms with Gasteiger partial charge in [-0.1, -0.05) is 11.8 Å². The van der Waals surface area contributed by atoms with Gasteiger partial charge in [-0.3, -0.25) is 19.1 Å². The highest BCUT2D eigenvalue weighted by molar-refractivity contribution is 7.99. The molecule has 2 N–H and O–H groups in total. The van der Waals surface area contributed by atoms with Crippen LogP contribution in [-0.4, -0.2) is 35.9 Å². The van der Waals surface area contributed by atoms with Gasteiger partial charge in [-0.25, -0.2) is 9.78 Å². The highest BCUT2D eigenvalue weighted by Crippen LogP contribution is 2.25. The summed E-state index contributed by atoms with van der Waals surface area (Å²) in [7, 11) is 1.53. The Morgan fingerprint density at radius 1 is 1.43 bits per heavy atom. The van der Waals surface area contributed by atoms with Crippen molar-refractivity contribution in [2.45, 2.75) is 31.5 Å². The van der Waals surface area contributed by atoms with E-state index in [-0.39, 0.29) is 12.5 Å². The predicted octanol–water partition coefficient (Wildman–Crippen LogP) is 0.571. The maximum Gasteiger partial charge on any atom is 0.329 e. The van der Waals surface area contributed by atoms with Gasteiger partial charge in [0.2, 0.25) is 0 Å². The maximum absolute atomic E-state index is 12.0. The number of aryl methyl sites for hydroxylation is 1. The summed E-state index contributed by atoms with van der Waals surface area (Å²) in [5, 5.41) is 9.23. The van der Waals surface area contributed by atoms with E-state index in [0.717, 1.165) is 0 Å². The van der Waals surface area contributed by atoms with Gasteiger partial charge in [0.15, 0.2) is 16.3 Å². The molecule has 0 aromatic carbocycles. The number of nitrogens with zero attached hydrogens (tertiary/aromatic N) is 3. The van der Waals surface area contributed by atoms with Crippen LogP contribution in [0.25, 0.3) is 11.2 Å². The van der Waals surface area contributed by atoms with Crippen molar-refractivity contribution in [2.75, 3.05) is 5.75 Å². The summed E-state index contributed by atoms with van der Waals surface area (Å²) >= 11 is 1.26. The number of aliphatic carboxylic acids is 1. The summed E-state index contributed by atoms with van der Waals surface area (Å²) in [5.41, 5.74) is -0.387. The van der Waals surface area contributed by atoms with Crippen LogP contribution < -0.4 is 11.2 Å². The van der Waals surface area contributed by atoms with Gasteiger partial charge in [-0.2, -0.15) is 0 Å². The fourth-order valence-corrected chi connectivity index (χ4v) is 3.04. The minimum absolute atomic E-state index is 0.00124. The molecule has 0 spiro atoms. The van der Waals surface area contributed by atoms with Crippen molar-refractivity contribution in [3.05, 3.63) is 20.8 Å². The van der Waals surface area contributed by atoms with E-state index in [0.29, 0.717) is 22.1 Å². The lowest BCUT2D eigenvalue weighted by Crippen LogP contribution is -2.29. The third-order valence-electron chi connectivity index (χ3n) is 2.98. The highest BCUT2D eigenvalue weighted by atomic mass is 32.2. The minimum atomic E-state index is -0.889. The Labute approximate surface area is 123 Å². The van der Waals surface area contributed by atoms with E-state index in [9.17, 15) is 14.4 Å². The lowest BCUT2D eigenvalue weighted by atomic mass is 10.4. The Balaban J connectivity index is 2.60. The van der Waals surface area contributed by atoms with Crippen LogP contribution in [-0.2, 0) is 11.8 Å². The molecule has 0 aliphatic heterocycles. The number of fused-ring (bicyclic) bond motifs is 1. The van der Waals surface area contributed by atoms with E-state index in [1.54, 1.807) is 4.57 Å². The number of H-pyrrole nitrogens is 1. The average molecular weight is 312 g/mol. The number of hydrogen-bond acceptors (Lipinski definition) is 5. The number of thioether (sulfide) groups is 1. The minimum Gasteiger partial charge on any atom is -0.481 e. The van der Waals surface area contributed by atoms with Crippen LogP contribution >= 0.6 is 11.8 Å². The molecule has 0 atom stereocenters. The summed E-state index contributed by atoms with van der Waals surface area (Å²) in [5.74, 6) is -0.544. The fraction of sp³-hybridized carbons (Fsp3) is 0.500. The molecule has 0 bridgehead atoms. The second-order valence-corrected chi connectivity index (χ2v) is 5.90. The normalized spacial score (nSPS) is 11.4. The zero-order chi connectivity index (χ0) is 15.7. The highest BCUT2D eigenvalue weighted by Gasteiger charge is 2.19. The number of hydrogen-bond donors (Lipinski definition) is 2. The van der Waals surface area contributed by atoms with Gasteiger partial charge >= 0.3 is 11.7 Å². The van der Waals surface area contributed by atoms with Crippen molar-refractivity contribution in [1.29, 1.82) is 0 Å². The van der Waals surface area contributed by atoms with Gasteiger partial charge in [-0.05, 0) is 13.8 Å². The lowest BCUT2D eigenvalue weighted by molar-refractivity contribution is -0.136. The summed E-state index contributed by atoms with van der Waals surface area (Å²) in [4.78, 5) is 40.8. The predicted molar refractivity (Wildman–Crippen MR) is 79.0 cm³/mol. The van der Waals surface area contributed by atoms with E-state index in [1.807, 2.05) is 13.8 Å². The quantitative estimate of drug-likeness (QED) is 0.781. The van der Waals surface area contributed by atoms with Gasteiger partial charge in [0.05, 0.1) is 6.42 Å². The number of imidazole rings is 1. The number of carbonyl (C=O) groups is 1. The number of carboxylic acids is 1. The Morgan fingerprint density at radius 3 is 2.67 bits per heavy atom. The lowest BCUT2D eigenvalue weighted by Gasteiger charge is -2.11. The number of aromatic nitrogens is 4. The SMILES string of the molecule is CC(C)n1c(SCCC(=O)O)nc2c1c(=O)[nH]c(=O)n2C. The van der Waals surface area contributed by atoms with Crippen LogP contribution in [0.5, 0.6) is 0 Å².